The summed E-state index contributed by atoms with van der Waals surface area (Å²) in [4.78, 5) is 0. The molecule has 0 aromatic heterocycles. The second kappa shape index (κ2) is 9.86. The number of aryl methyl sites for hydroxylation is 1. The molecule has 1 heterocycles. The number of ether oxygens (including phenoxy) is 3. The average Bonchev–Trinajstić information content (AvgIpc) is 3.62. The van der Waals surface area contributed by atoms with Crippen molar-refractivity contribution in [2.75, 3.05) is 25.7 Å². The highest BCUT2D eigenvalue weighted by atomic mass is 35.5. The fourth-order valence-electron chi connectivity index (χ4n) is 3.83. The summed E-state index contributed by atoms with van der Waals surface area (Å²) in [5, 5.41) is 9.58. The van der Waals surface area contributed by atoms with E-state index in [4.69, 9.17) is 25.8 Å². The predicted molar refractivity (Wildman–Crippen MR) is 120 cm³/mol. The van der Waals surface area contributed by atoms with E-state index in [0.29, 0.717) is 12.5 Å². The summed E-state index contributed by atoms with van der Waals surface area (Å²) < 4.78 is 16.6. The van der Waals surface area contributed by atoms with E-state index in [1.165, 1.54) is 16.7 Å². The third-order valence-corrected chi connectivity index (χ3v) is 6.11. The van der Waals surface area contributed by atoms with Crippen molar-refractivity contribution in [3.8, 4) is 11.5 Å². The molecule has 2 aliphatic rings. The van der Waals surface area contributed by atoms with Crippen LogP contribution in [0.15, 0.2) is 48.5 Å². The van der Waals surface area contributed by atoms with Crippen LogP contribution in [0.3, 0.4) is 0 Å². The molecule has 4 nitrogen and oxygen atoms in total. The Kier molecular flexibility index (Phi) is 6.98. The molecule has 4 rings (SSSR count). The van der Waals surface area contributed by atoms with Gasteiger partial charge < -0.3 is 19.3 Å². The standard InChI is InChI=1S/C25H29ClO4/c1-17-12-21(8-11-25(17)30-14-22(27)13-26)20-4-2-18(3-5-20)19-6-9-23(10-7-19)28-15-24-16-29-24/h4,6-12,18,22,24,27H,2-3,5,13-16H2,1H3. The Hall–Kier alpha value is -2.01. The van der Waals surface area contributed by atoms with Crippen LogP contribution in [0.25, 0.3) is 5.57 Å². The largest absolute Gasteiger partial charge is 0.491 e. The van der Waals surface area contributed by atoms with Gasteiger partial charge in [-0.1, -0.05) is 24.3 Å². The SMILES string of the molecule is Cc1cc(C2=CCC(c3ccc(OCC4CO4)cc3)CC2)ccc1OCC(O)CCl. The minimum absolute atomic E-state index is 0.177. The summed E-state index contributed by atoms with van der Waals surface area (Å²) in [6, 6.07) is 14.8. The summed E-state index contributed by atoms with van der Waals surface area (Å²) in [6.07, 6.45) is 5.26. The molecular weight excluding hydrogens is 400 g/mol. The van der Waals surface area contributed by atoms with E-state index in [2.05, 4.69) is 42.5 Å². The van der Waals surface area contributed by atoms with Crippen LogP contribution >= 0.6 is 11.6 Å². The highest BCUT2D eigenvalue weighted by molar-refractivity contribution is 6.18. The molecule has 1 fully saturated rings. The number of benzene rings is 2. The number of halogens is 1. The highest BCUT2D eigenvalue weighted by Gasteiger charge is 2.23. The lowest BCUT2D eigenvalue weighted by Crippen LogP contribution is -2.19. The smallest absolute Gasteiger partial charge is 0.122 e. The molecule has 3 unspecified atom stereocenters. The van der Waals surface area contributed by atoms with Crippen molar-refractivity contribution in [2.45, 2.75) is 44.3 Å². The van der Waals surface area contributed by atoms with Gasteiger partial charge in [0.15, 0.2) is 0 Å². The number of alkyl halides is 1. The zero-order chi connectivity index (χ0) is 20.9. The molecule has 1 N–H and O–H groups in total. The first-order valence-corrected chi connectivity index (χ1v) is 11.2. The van der Waals surface area contributed by atoms with Gasteiger partial charge in [0.1, 0.15) is 36.9 Å². The third-order valence-electron chi connectivity index (χ3n) is 5.76. The Morgan fingerprint density at radius 3 is 2.60 bits per heavy atom. The number of epoxide rings is 1. The lowest BCUT2D eigenvalue weighted by Gasteiger charge is -2.23. The van der Waals surface area contributed by atoms with E-state index in [0.717, 1.165) is 42.9 Å². The molecule has 30 heavy (non-hydrogen) atoms. The second-order valence-electron chi connectivity index (χ2n) is 8.14. The number of aliphatic hydroxyl groups is 1. The lowest BCUT2D eigenvalue weighted by molar-refractivity contribution is 0.125. The summed E-state index contributed by atoms with van der Waals surface area (Å²) in [5.41, 5.74) is 5.09. The summed E-state index contributed by atoms with van der Waals surface area (Å²) in [7, 11) is 0. The van der Waals surface area contributed by atoms with Gasteiger partial charge in [-0.25, -0.2) is 0 Å². The van der Waals surface area contributed by atoms with Gasteiger partial charge in [0.25, 0.3) is 0 Å². The average molecular weight is 429 g/mol. The molecule has 5 heteroatoms. The van der Waals surface area contributed by atoms with Crippen molar-refractivity contribution in [2.24, 2.45) is 0 Å². The van der Waals surface area contributed by atoms with Gasteiger partial charge in [-0.2, -0.15) is 0 Å². The normalized spacial score (nSPS) is 21.6. The van der Waals surface area contributed by atoms with Gasteiger partial charge in [0.2, 0.25) is 0 Å². The van der Waals surface area contributed by atoms with Crippen LogP contribution in [-0.2, 0) is 4.74 Å². The molecular formula is C25H29ClO4. The van der Waals surface area contributed by atoms with Crippen molar-refractivity contribution in [3.05, 3.63) is 65.2 Å². The number of allylic oxidation sites excluding steroid dienone is 2. The van der Waals surface area contributed by atoms with Crippen LogP contribution < -0.4 is 9.47 Å². The van der Waals surface area contributed by atoms with Crippen LogP contribution in [0.4, 0.5) is 0 Å². The minimum atomic E-state index is -0.642. The van der Waals surface area contributed by atoms with E-state index in [1.807, 2.05) is 13.0 Å². The molecule has 2 aromatic carbocycles. The Morgan fingerprint density at radius 2 is 1.97 bits per heavy atom. The van der Waals surface area contributed by atoms with Gasteiger partial charge in [-0.15, -0.1) is 11.6 Å². The van der Waals surface area contributed by atoms with Gasteiger partial charge in [-0.3, -0.25) is 0 Å². The molecule has 0 radical (unpaired) electrons. The van der Waals surface area contributed by atoms with Crippen LogP contribution in [0.1, 0.15) is 41.9 Å². The first-order valence-electron chi connectivity index (χ1n) is 10.6. The molecule has 0 spiro atoms. The lowest BCUT2D eigenvalue weighted by atomic mass is 9.82. The summed E-state index contributed by atoms with van der Waals surface area (Å²) in [6.45, 7) is 3.72. The number of hydrogen-bond donors (Lipinski definition) is 1. The van der Waals surface area contributed by atoms with Gasteiger partial charge in [0, 0.05) is 0 Å². The summed E-state index contributed by atoms with van der Waals surface area (Å²) >= 11 is 5.63. The highest BCUT2D eigenvalue weighted by Crippen LogP contribution is 2.37. The fraction of sp³-hybridized carbons (Fsp3) is 0.440. The van der Waals surface area contributed by atoms with Crippen molar-refractivity contribution in [3.63, 3.8) is 0 Å². The molecule has 1 aliphatic carbocycles. The fourth-order valence-corrected chi connectivity index (χ4v) is 3.92. The second-order valence-corrected chi connectivity index (χ2v) is 8.44. The zero-order valence-electron chi connectivity index (χ0n) is 17.4. The van der Waals surface area contributed by atoms with Crippen molar-refractivity contribution >= 4 is 17.2 Å². The van der Waals surface area contributed by atoms with Crippen molar-refractivity contribution in [1.82, 2.24) is 0 Å². The minimum Gasteiger partial charge on any atom is -0.491 e. The van der Waals surface area contributed by atoms with Gasteiger partial charge in [-0.05, 0) is 78.6 Å². The Labute approximate surface area is 183 Å². The molecule has 1 saturated heterocycles. The number of hydrogen-bond acceptors (Lipinski definition) is 4. The van der Waals surface area contributed by atoms with Crippen LogP contribution in [0.5, 0.6) is 11.5 Å². The Bertz CT molecular complexity index is 873. The summed E-state index contributed by atoms with van der Waals surface area (Å²) in [5.74, 6) is 2.44. The van der Waals surface area contributed by atoms with E-state index in [1.54, 1.807) is 0 Å². The van der Waals surface area contributed by atoms with Gasteiger partial charge in [0.05, 0.1) is 12.5 Å². The maximum absolute atomic E-state index is 9.58. The zero-order valence-corrected chi connectivity index (χ0v) is 18.1. The monoisotopic (exact) mass is 428 g/mol. The van der Waals surface area contributed by atoms with Crippen molar-refractivity contribution in [1.29, 1.82) is 0 Å². The third kappa shape index (κ3) is 5.57. The van der Waals surface area contributed by atoms with Crippen LogP contribution in [0, 0.1) is 6.92 Å². The molecule has 1 aliphatic heterocycles. The van der Waals surface area contributed by atoms with Crippen LogP contribution in [0.2, 0.25) is 0 Å². The van der Waals surface area contributed by atoms with E-state index < -0.39 is 6.10 Å². The quantitative estimate of drug-likeness (QED) is 0.445. The molecule has 160 valence electrons. The van der Waals surface area contributed by atoms with Crippen molar-refractivity contribution < 1.29 is 19.3 Å². The topological polar surface area (TPSA) is 51.2 Å². The Balaban J connectivity index is 1.34. The van der Waals surface area contributed by atoms with Crippen LogP contribution in [-0.4, -0.2) is 43.0 Å². The molecule has 3 atom stereocenters. The molecule has 2 aromatic rings. The number of aliphatic hydroxyl groups excluding tert-OH is 1. The molecule has 0 bridgehead atoms. The first-order chi connectivity index (χ1) is 14.6. The molecule has 0 amide bonds. The molecule has 0 saturated carbocycles. The Morgan fingerprint density at radius 1 is 1.17 bits per heavy atom. The number of rotatable bonds is 9. The maximum atomic E-state index is 9.58. The predicted octanol–water partition coefficient (Wildman–Crippen LogP) is 5.10. The maximum Gasteiger partial charge on any atom is 0.122 e. The van der Waals surface area contributed by atoms with Gasteiger partial charge >= 0.3 is 0 Å². The van der Waals surface area contributed by atoms with E-state index in [9.17, 15) is 5.11 Å². The van der Waals surface area contributed by atoms with E-state index in [-0.39, 0.29) is 18.6 Å². The first kappa shape index (κ1) is 21.2. The van der Waals surface area contributed by atoms with E-state index >= 15 is 0 Å².